The molecule has 1 aromatic carbocycles. The smallest absolute Gasteiger partial charge is 0.292 e. The standard InChI is InChI=1S/C12H7Cl2N3O/c13-10-7-17(12(14)16-11(10)18)6-9-4-2-1-3-8(9)5-15/h1-4,7H,6H2. The van der Waals surface area contributed by atoms with Gasteiger partial charge in [-0.2, -0.15) is 10.2 Å². The van der Waals surface area contributed by atoms with Crippen LogP contribution in [0.15, 0.2) is 35.3 Å². The third kappa shape index (κ3) is 2.53. The zero-order valence-electron chi connectivity index (χ0n) is 9.10. The van der Waals surface area contributed by atoms with Crippen LogP contribution in [0, 0.1) is 11.3 Å². The van der Waals surface area contributed by atoms with Crippen LogP contribution in [-0.2, 0) is 6.54 Å². The Morgan fingerprint density at radius 3 is 2.78 bits per heavy atom. The van der Waals surface area contributed by atoms with Crippen LogP contribution in [0.4, 0.5) is 0 Å². The van der Waals surface area contributed by atoms with E-state index in [1.807, 2.05) is 6.07 Å². The van der Waals surface area contributed by atoms with Crippen LogP contribution >= 0.6 is 23.2 Å². The first-order valence-corrected chi connectivity index (χ1v) is 5.78. The van der Waals surface area contributed by atoms with Crippen LogP contribution in [-0.4, -0.2) is 9.55 Å². The van der Waals surface area contributed by atoms with Crippen molar-refractivity contribution in [2.75, 3.05) is 0 Å². The molecule has 1 aromatic heterocycles. The summed E-state index contributed by atoms with van der Waals surface area (Å²) in [6.45, 7) is 0.329. The van der Waals surface area contributed by atoms with Gasteiger partial charge in [-0.15, -0.1) is 0 Å². The highest BCUT2D eigenvalue weighted by atomic mass is 35.5. The van der Waals surface area contributed by atoms with Crippen molar-refractivity contribution in [3.05, 3.63) is 62.2 Å². The molecule has 0 fully saturated rings. The van der Waals surface area contributed by atoms with Gasteiger partial charge in [0.2, 0.25) is 5.28 Å². The van der Waals surface area contributed by atoms with E-state index < -0.39 is 5.56 Å². The first-order chi connectivity index (χ1) is 8.61. The van der Waals surface area contributed by atoms with Crippen molar-refractivity contribution in [3.63, 3.8) is 0 Å². The van der Waals surface area contributed by atoms with E-state index in [-0.39, 0.29) is 10.3 Å². The largest absolute Gasteiger partial charge is 0.317 e. The van der Waals surface area contributed by atoms with Crippen molar-refractivity contribution in [2.45, 2.75) is 6.54 Å². The van der Waals surface area contributed by atoms with Crippen molar-refractivity contribution < 1.29 is 0 Å². The molecule has 0 aliphatic rings. The summed E-state index contributed by atoms with van der Waals surface area (Å²) < 4.78 is 1.52. The van der Waals surface area contributed by atoms with Gasteiger partial charge in [0.25, 0.3) is 5.56 Å². The van der Waals surface area contributed by atoms with Crippen LogP contribution in [0.2, 0.25) is 10.3 Å². The lowest BCUT2D eigenvalue weighted by molar-refractivity contribution is 0.760. The molecule has 0 radical (unpaired) electrons. The van der Waals surface area contributed by atoms with Gasteiger partial charge in [-0.3, -0.25) is 4.79 Å². The van der Waals surface area contributed by atoms with Crippen molar-refractivity contribution in [1.82, 2.24) is 9.55 Å². The minimum absolute atomic E-state index is 0.00570. The molecule has 90 valence electrons. The summed E-state index contributed by atoms with van der Waals surface area (Å²) >= 11 is 11.6. The van der Waals surface area contributed by atoms with Crippen molar-refractivity contribution in [2.24, 2.45) is 0 Å². The quantitative estimate of drug-likeness (QED) is 0.794. The van der Waals surface area contributed by atoms with Gasteiger partial charge in [-0.1, -0.05) is 29.8 Å². The summed E-state index contributed by atoms with van der Waals surface area (Å²) in [4.78, 5) is 14.8. The van der Waals surface area contributed by atoms with E-state index in [1.165, 1.54) is 10.8 Å². The van der Waals surface area contributed by atoms with Crippen molar-refractivity contribution >= 4 is 23.2 Å². The first kappa shape index (κ1) is 12.6. The highest BCUT2D eigenvalue weighted by Crippen LogP contribution is 2.13. The number of rotatable bonds is 2. The van der Waals surface area contributed by atoms with Gasteiger partial charge in [-0.25, -0.2) is 0 Å². The van der Waals surface area contributed by atoms with Gasteiger partial charge in [0.15, 0.2) is 0 Å². The zero-order valence-corrected chi connectivity index (χ0v) is 10.6. The molecule has 0 atom stereocenters. The van der Waals surface area contributed by atoms with Gasteiger partial charge in [-0.05, 0) is 23.2 Å². The zero-order chi connectivity index (χ0) is 13.1. The van der Waals surface area contributed by atoms with Gasteiger partial charge in [0.1, 0.15) is 5.02 Å². The number of halogens is 2. The van der Waals surface area contributed by atoms with E-state index in [1.54, 1.807) is 18.2 Å². The molecule has 0 aliphatic carbocycles. The van der Waals surface area contributed by atoms with Gasteiger partial charge in [0.05, 0.1) is 18.2 Å². The lowest BCUT2D eigenvalue weighted by Crippen LogP contribution is -2.14. The lowest BCUT2D eigenvalue weighted by atomic mass is 10.1. The average molecular weight is 280 g/mol. The maximum absolute atomic E-state index is 11.2. The predicted molar refractivity (Wildman–Crippen MR) is 68.8 cm³/mol. The van der Waals surface area contributed by atoms with E-state index in [0.29, 0.717) is 12.1 Å². The van der Waals surface area contributed by atoms with Gasteiger partial charge in [0, 0.05) is 6.20 Å². The fraction of sp³-hybridized carbons (Fsp3) is 0.0833. The Hall–Kier alpha value is -1.83. The Bertz CT molecular complexity index is 688. The summed E-state index contributed by atoms with van der Waals surface area (Å²) in [5.41, 5.74) is 0.762. The molecule has 0 saturated heterocycles. The summed E-state index contributed by atoms with van der Waals surface area (Å²) in [5, 5.41) is 9.01. The van der Waals surface area contributed by atoms with E-state index in [2.05, 4.69) is 11.1 Å². The maximum Gasteiger partial charge on any atom is 0.292 e. The Morgan fingerprint density at radius 2 is 2.06 bits per heavy atom. The summed E-state index contributed by atoms with van der Waals surface area (Å²) in [6, 6.07) is 9.20. The molecule has 6 heteroatoms. The first-order valence-electron chi connectivity index (χ1n) is 5.02. The van der Waals surface area contributed by atoms with E-state index in [9.17, 15) is 4.79 Å². The molecule has 0 bridgehead atoms. The van der Waals surface area contributed by atoms with Crippen molar-refractivity contribution in [1.29, 1.82) is 5.26 Å². The number of nitriles is 1. The second kappa shape index (κ2) is 5.21. The number of hydrogen-bond acceptors (Lipinski definition) is 3. The molecule has 1 heterocycles. The normalized spacial score (nSPS) is 10.1. The monoisotopic (exact) mass is 279 g/mol. The van der Waals surface area contributed by atoms with Crippen LogP contribution < -0.4 is 5.56 Å². The number of aromatic nitrogens is 2. The SMILES string of the molecule is N#Cc1ccccc1Cn1cc(Cl)c(=O)nc1Cl. The van der Waals surface area contributed by atoms with Gasteiger partial charge < -0.3 is 4.57 Å². The fourth-order valence-electron chi connectivity index (χ4n) is 1.51. The predicted octanol–water partition coefficient (Wildman–Crippen LogP) is 2.47. The van der Waals surface area contributed by atoms with Crippen LogP contribution in [0.5, 0.6) is 0 Å². The lowest BCUT2D eigenvalue weighted by Gasteiger charge is -2.09. The maximum atomic E-state index is 11.2. The number of benzene rings is 1. The number of nitrogens with zero attached hydrogens (tertiary/aromatic N) is 3. The molecule has 0 N–H and O–H groups in total. The molecule has 2 aromatic rings. The van der Waals surface area contributed by atoms with Crippen molar-refractivity contribution in [3.8, 4) is 6.07 Å². The highest BCUT2D eigenvalue weighted by Gasteiger charge is 2.07. The molecule has 2 rings (SSSR count). The van der Waals surface area contributed by atoms with Gasteiger partial charge >= 0.3 is 0 Å². The minimum atomic E-state index is -0.563. The van der Waals surface area contributed by atoms with Crippen LogP contribution in [0.3, 0.4) is 0 Å². The Labute approximate surface area is 113 Å². The minimum Gasteiger partial charge on any atom is -0.317 e. The number of hydrogen-bond donors (Lipinski definition) is 0. The molecule has 0 amide bonds. The van der Waals surface area contributed by atoms with E-state index >= 15 is 0 Å². The van der Waals surface area contributed by atoms with Crippen LogP contribution in [0.25, 0.3) is 0 Å². The molecule has 0 aliphatic heterocycles. The molecular weight excluding hydrogens is 273 g/mol. The molecule has 18 heavy (non-hydrogen) atoms. The fourth-order valence-corrected chi connectivity index (χ4v) is 1.85. The molecular formula is C12H7Cl2N3O. The average Bonchev–Trinajstić information content (AvgIpc) is 2.36. The summed E-state index contributed by atoms with van der Waals surface area (Å²) in [6.07, 6.45) is 1.41. The van der Waals surface area contributed by atoms with Crippen LogP contribution in [0.1, 0.15) is 11.1 Å². The topological polar surface area (TPSA) is 58.7 Å². The summed E-state index contributed by atoms with van der Waals surface area (Å²) in [7, 11) is 0. The third-order valence-corrected chi connectivity index (χ3v) is 2.94. The molecule has 0 saturated carbocycles. The second-order valence-corrected chi connectivity index (χ2v) is 4.31. The highest BCUT2D eigenvalue weighted by molar-refractivity contribution is 6.31. The molecule has 0 unspecified atom stereocenters. The summed E-state index contributed by atoms with van der Waals surface area (Å²) in [5.74, 6) is 0. The second-order valence-electron chi connectivity index (χ2n) is 3.56. The molecule has 0 spiro atoms. The Morgan fingerprint density at radius 1 is 1.33 bits per heavy atom. The Kier molecular flexibility index (Phi) is 3.66. The third-order valence-electron chi connectivity index (χ3n) is 2.38. The van der Waals surface area contributed by atoms with E-state index in [0.717, 1.165) is 5.56 Å². The molecule has 4 nitrogen and oxygen atoms in total. The van der Waals surface area contributed by atoms with E-state index in [4.69, 9.17) is 28.5 Å². The Balaban J connectivity index is 2.44.